The van der Waals surface area contributed by atoms with Crippen molar-refractivity contribution in [3.63, 3.8) is 0 Å². The fraction of sp³-hybridized carbons (Fsp3) is 0.188. The molecule has 0 bridgehead atoms. The molecular formula is C16H16O2S. The number of carboxylic acid groups (broad SMARTS) is 1. The van der Waals surface area contributed by atoms with Crippen LogP contribution in [-0.2, 0) is 4.79 Å². The smallest absolute Gasteiger partial charge is 0.316 e. The largest absolute Gasteiger partial charge is 0.480 e. The van der Waals surface area contributed by atoms with E-state index in [1.165, 1.54) is 22.9 Å². The van der Waals surface area contributed by atoms with Crippen LogP contribution < -0.4 is 0 Å². The van der Waals surface area contributed by atoms with E-state index in [9.17, 15) is 4.79 Å². The normalized spacial score (nSPS) is 12.1. The summed E-state index contributed by atoms with van der Waals surface area (Å²) in [5, 5.41) is 8.46. The lowest BCUT2D eigenvalue weighted by Crippen LogP contribution is -2.10. The van der Waals surface area contributed by atoms with Crippen LogP contribution in [0, 0.1) is 6.92 Å². The molecule has 0 aromatic heterocycles. The molecule has 1 atom stereocenters. The van der Waals surface area contributed by atoms with Crippen LogP contribution in [0.15, 0.2) is 53.4 Å². The SMILES string of the molecule is Cc1cccc(-c2ccc(SC(C)C(=O)O)cc2)c1. The first kappa shape index (κ1) is 13.7. The van der Waals surface area contributed by atoms with Gasteiger partial charge in [-0.1, -0.05) is 42.0 Å². The van der Waals surface area contributed by atoms with Gasteiger partial charge in [-0.2, -0.15) is 0 Å². The minimum absolute atomic E-state index is 0.426. The van der Waals surface area contributed by atoms with Crippen molar-refractivity contribution in [2.75, 3.05) is 0 Å². The number of rotatable bonds is 4. The van der Waals surface area contributed by atoms with Crippen LogP contribution >= 0.6 is 11.8 Å². The quantitative estimate of drug-likeness (QED) is 0.846. The molecule has 3 heteroatoms. The van der Waals surface area contributed by atoms with E-state index in [1.54, 1.807) is 6.92 Å². The van der Waals surface area contributed by atoms with Gasteiger partial charge in [0.15, 0.2) is 0 Å². The summed E-state index contributed by atoms with van der Waals surface area (Å²) in [6, 6.07) is 16.3. The summed E-state index contributed by atoms with van der Waals surface area (Å²) in [5.41, 5.74) is 3.56. The Morgan fingerprint density at radius 3 is 2.37 bits per heavy atom. The van der Waals surface area contributed by atoms with Crippen molar-refractivity contribution in [3.8, 4) is 11.1 Å². The minimum Gasteiger partial charge on any atom is -0.480 e. The van der Waals surface area contributed by atoms with E-state index in [4.69, 9.17) is 5.11 Å². The Bertz CT molecular complexity index is 576. The second-order valence-corrected chi connectivity index (χ2v) is 5.91. The molecule has 0 saturated carbocycles. The number of thioether (sulfide) groups is 1. The second-order valence-electron chi connectivity index (χ2n) is 4.49. The number of hydrogen-bond acceptors (Lipinski definition) is 2. The summed E-state index contributed by atoms with van der Waals surface area (Å²) in [6.45, 7) is 3.77. The zero-order valence-electron chi connectivity index (χ0n) is 11.0. The summed E-state index contributed by atoms with van der Waals surface area (Å²) in [7, 11) is 0. The maximum absolute atomic E-state index is 10.8. The molecule has 0 aliphatic rings. The maximum atomic E-state index is 10.8. The summed E-state index contributed by atoms with van der Waals surface area (Å²) < 4.78 is 0. The minimum atomic E-state index is -0.784. The van der Waals surface area contributed by atoms with E-state index in [1.807, 2.05) is 30.3 Å². The molecule has 1 unspecified atom stereocenters. The molecule has 2 rings (SSSR count). The fourth-order valence-corrected chi connectivity index (χ4v) is 2.61. The molecule has 2 nitrogen and oxygen atoms in total. The van der Waals surface area contributed by atoms with E-state index in [0.29, 0.717) is 0 Å². The third kappa shape index (κ3) is 3.61. The molecular weight excluding hydrogens is 256 g/mol. The summed E-state index contributed by atoms with van der Waals surface area (Å²) >= 11 is 1.36. The van der Waals surface area contributed by atoms with Gasteiger partial charge in [-0.05, 0) is 37.1 Å². The molecule has 2 aromatic rings. The van der Waals surface area contributed by atoms with Crippen LogP contribution in [-0.4, -0.2) is 16.3 Å². The highest BCUT2D eigenvalue weighted by Gasteiger charge is 2.12. The Balaban J connectivity index is 2.17. The van der Waals surface area contributed by atoms with E-state index in [0.717, 1.165) is 10.5 Å². The Morgan fingerprint density at radius 2 is 1.79 bits per heavy atom. The predicted molar refractivity (Wildman–Crippen MR) is 79.6 cm³/mol. The van der Waals surface area contributed by atoms with Crippen LogP contribution in [0.2, 0.25) is 0 Å². The predicted octanol–water partition coefficient (Wildman–Crippen LogP) is 4.23. The maximum Gasteiger partial charge on any atom is 0.316 e. The van der Waals surface area contributed by atoms with Gasteiger partial charge in [0.25, 0.3) is 0 Å². The highest BCUT2D eigenvalue weighted by Crippen LogP contribution is 2.27. The average Bonchev–Trinajstić information content (AvgIpc) is 2.39. The summed E-state index contributed by atoms with van der Waals surface area (Å²) in [6.07, 6.45) is 0. The monoisotopic (exact) mass is 272 g/mol. The first-order chi connectivity index (χ1) is 9.06. The number of aryl methyl sites for hydroxylation is 1. The standard InChI is InChI=1S/C16H16O2S/c1-11-4-3-5-14(10-11)13-6-8-15(9-7-13)19-12(2)16(17)18/h3-10,12H,1-2H3,(H,17,18). The van der Waals surface area contributed by atoms with Crippen LogP contribution in [0.3, 0.4) is 0 Å². The van der Waals surface area contributed by atoms with Crippen molar-refractivity contribution >= 4 is 17.7 Å². The molecule has 98 valence electrons. The van der Waals surface area contributed by atoms with Crippen molar-refractivity contribution in [2.45, 2.75) is 24.0 Å². The Hall–Kier alpha value is -1.74. The first-order valence-corrected chi connectivity index (χ1v) is 7.01. The Kier molecular flexibility index (Phi) is 4.27. The first-order valence-electron chi connectivity index (χ1n) is 6.13. The van der Waals surface area contributed by atoms with Crippen LogP contribution in [0.4, 0.5) is 0 Å². The van der Waals surface area contributed by atoms with Gasteiger partial charge < -0.3 is 5.11 Å². The molecule has 0 amide bonds. The van der Waals surface area contributed by atoms with E-state index < -0.39 is 11.2 Å². The zero-order chi connectivity index (χ0) is 13.8. The Morgan fingerprint density at radius 1 is 1.11 bits per heavy atom. The van der Waals surface area contributed by atoms with Gasteiger partial charge in [-0.25, -0.2) is 0 Å². The molecule has 0 aliphatic carbocycles. The fourth-order valence-electron chi connectivity index (χ4n) is 1.81. The zero-order valence-corrected chi connectivity index (χ0v) is 11.8. The van der Waals surface area contributed by atoms with Crippen molar-refractivity contribution < 1.29 is 9.90 Å². The van der Waals surface area contributed by atoms with Gasteiger partial charge >= 0.3 is 5.97 Å². The van der Waals surface area contributed by atoms with Crippen molar-refractivity contribution in [1.29, 1.82) is 0 Å². The topological polar surface area (TPSA) is 37.3 Å². The van der Waals surface area contributed by atoms with Gasteiger partial charge in [-0.3, -0.25) is 4.79 Å². The second kappa shape index (κ2) is 5.93. The summed E-state index contributed by atoms with van der Waals surface area (Å²) in [4.78, 5) is 11.8. The van der Waals surface area contributed by atoms with Crippen LogP contribution in [0.25, 0.3) is 11.1 Å². The van der Waals surface area contributed by atoms with E-state index in [-0.39, 0.29) is 0 Å². The molecule has 0 saturated heterocycles. The highest BCUT2D eigenvalue weighted by molar-refractivity contribution is 8.00. The lowest BCUT2D eigenvalue weighted by atomic mass is 10.0. The summed E-state index contributed by atoms with van der Waals surface area (Å²) in [5.74, 6) is -0.784. The molecule has 2 aromatic carbocycles. The number of carboxylic acids is 1. The Labute approximate surface area is 117 Å². The molecule has 0 aliphatic heterocycles. The van der Waals surface area contributed by atoms with Gasteiger partial charge in [0.1, 0.15) is 5.25 Å². The molecule has 1 N–H and O–H groups in total. The number of carbonyl (C=O) groups is 1. The number of benzene rings is 2. The molecule has 0 heterocycles. The van der Waals surface area contributed by atoms with Gasteiger partial charge in [0, 0.05) is 4.90 Å². The van der Waals surface area contributed by atoms with E-state index >= 15 is 0 Å². The van der Waals surface area contributed by atoms with Gasteiger partial charge in [-0.15, -0.1) is 11.8 Å². The van der Waals surface area contributed by atoms with Crippen molar-refractivity contribution in [1.82, 2.24) is 0 Å². The lowest BCUT2D eigenvalue weighted by molar-refractivity contribution is -0.136. The van der Waals surface area contributed by atoms with Crippen molar-refractivity contribution in [3.05, 3.63) is 54.1 Å². The number of hydrogen-bond donors (Lipinski definition) is 1. The average molecular weight is 272 g/mol. The van der Waals surface area contributed by atoms with Gasteiger partial charge in [0.05, 0.1) is 0 Å². The van der Waals surface area contributed by atoms with Crippen LogP contribution in [0.1, 0.15) is 12.5 Å². The molecule has 19 heavy (non-hydrogen) atoms. The van der Waals surface area contributed by atoms with Crippen molar-refractivity contribution in [2.24, 2.45) is 0 Å². The lowest BCUT2D eigenvalue weighted by Gasteiger charge is -2.07. The van der Waals surface area contributed by atoms with E-state index in [2.05, 4.69) is 25.1 Å². The molecule has 0 spiro atoms. The highest BCUT2D eigenvalue weighted by atomic mass is 32.2. The molecule has 0 radical (unpaired) electrons. The third-order valence-electron chi connectivity index (χ3n) is 2.87. The molecule has 0 fully saturated rings. The number of aliphatic carboxylic acids is 1. The van der Waals surface area contributed by atoms with Crippen LogP contribution in [0.5, 0.6) is 0 Å². The third-order valence-corrected chi connectivity index (χ3v) is 3.97. The van der Waals surface area contributed by atoms with Gasteiger partial charge in [0.2, 0.25) is 0 Å².